The van der Waals surface area contributed by atoms with Crippen LogP contribution in [0.4, 0.5) is 5.69 Å². The monoisotopic (exact) mass is 250 g/mol. The largest absolute Gasteiger partial charge is 0.332 e. The molecule has 0 radical (unpaired) electrons. The van der Waals surface area contributed by atoms with E-state index in [4.69, 9.17) is 12.2 Å². The number of carbonyl (C=O) groups is 1. The summed E-state index contributed by atoms with van der Waals surface area (Å²) in [4.78, 5) is 11.2. The van der Waals surface area contributed by atoms with Gasteiger partial charge in [-0.25, -0.2) is 0 Å². The third kappa shape index (κ3) is 4.15. The van der Waals surface area contributed by atoms with Crippen molar-refractivity contribution in [3.63, 3.8) is 0 Å². The molecule has 4 heteroatoms. The van der Waals surface area contributed by atoms with Gasteiger partial charge in [0.2, 0.25) is 5.91 Å². The van der Waals surface area contributed by atoms with Crippen LogP contribution in [-0.2, 0) is 4.79 Å². The van der Waals surface area contributed by atoms with E-state index in [-0.39, 0.29) is 5.91 Å². The predicted octanol–water partition coefficient (Wildman–Crippen LogP) is 3.03. The molecule has 0 bridgehead atoms. The lowest BCUT2D eigenvalue weighted by atomic mass is 10.0. The Morgan fingerprint density at radius 1 is 1.35 bits per heavy atom. The molecule has 0 aliphatic rings. The second-order valence-electron chi connectivity index (χ2n) is 4.10. The molecule has 0 aliphatic carbocycles. The number of hydrogen-bond acceptors (Lipinski definition) is 2. The van der Waals surface area contributed by atoms with E-state index in [1.165, 1.54) is 5.56 Å². The van der Waals surface area contributed by atoms with E-state index in [9.17, 15) is 4.79 Å². The van der Waals surface area contributed by atoms with Crippen molar-refractivity contribution in [2.24, 2.45) is 0 Å². The van der Waals surface area contributed by atoms with Crippen LogP contribution >= 0.6 is 12.2 Å². The standard InChI is InChI=1S/C13H18N2OS/c1-4-12(16)15-13(17)14-11-8-6-5-7-10(11)9(2)3/h5-9H,4H2,1-3H3,(H2,14,15,16,17). The minimum atomic E-state index is -0.0791. The van der Waals surface area contributed by atoms with Crippen LogP contribution in [-0.4, -0.2) is 11.0 Å². The van der Waals surface area contributed by atoms with Crippen LogP contribution in [0.3, 0.4) is 0 Å². The first kappa shape index (κ1) is 13.6. The molecule has 0 saturated carbocycles. The second-order valence-corrected chi connectivity index (χ2v) is 4.51. The molecule has 0 spiro atoms. The van der Waals surface area contributed by atoms with Crippen LogP contribution in [0.5, 0.6) is 0 Å². The molecule has 0 heterocycles. The number of carbonyl (C=O) groups excluding carboxylic acids is 1. The van der Waals surface area contributed by atoms with Gasteiger partial charge < -0.3 is 10.6 Å². The number of amides is 1. The first-order valence-corrected chi connectivity index (χ1v) is 6.15. The molecule has 2 N–H and O–H groups in total. The van der Waals surface area contributed by atoms with Crippen molar-refractivity contribution in [1.29, 1.82) is 0 Å². The van der Waals surface area contributed by atoms with Crippen LogP contribution in [0.1, 0.15) is 38.7 Å². The highest BCUT2D eigenvalue weighted by molar-refractivity contribution is 7.80. The molecule has 0 unspecified atom stereocenters. The van der Waals surface area contributed by atoms with Crippen molar-refractivity contribution in [1.82, 2.24) is 5.32 Å². The van der Waals surface area contributed by atoms with Crippen LogP contribution in [0.25, 0.3) is 0 Å². The molecule has 92 valence electrons. The van der Waals surface area contributed by atoms with Crippen molar-refractivity contribution >= 4 is 28.9 Å². The Balaban J connectivity index is 2.74. The Hall–Kier alpha value is -1.42. The molecule has 0 aromatic heterocycles. The highest BCUT2D eigenvalue weighted by Crippen LogP contribution is 2.23. The van der Waals surface area contributed by atoms with E-state index in [0.29, 0.717) is 17.5 Å². The summed E-state index contributed by atoms with van der Waals surface area (Å²) >= 11 is 5.08. The molecule has 1 aromatic carbocycles. The normalized spacial score (nSPS) is 10.1. The lowest BCUT2D eigenvalue weighted by Gasteiger charge is -2.15. The fourth-order valence-corrected chi connectivity index (χ4v) is 1.71. The average Bonchev–Trinajstić information content (AvgIpc) is 2.29. The minimum Gasteiger partial charge on any atom is -0.332 e. The van der Waals surface area contributed by atoms with Gasteiger partial charge in [0.25, 0.3) is 0 Å². The zero-order chi connectivity index (χ0) is 12.8. The van der Waals surface area contributed by atoms with Gasteiger partial charge in [0.05, 0.1) is 0 Å². The van der Waals surface area contributed by atoms with Crippen molar-refractivity contribution in [3.05, 3.63) is 29.8 Å². The first-order chi connectivity index (χ1) is 8.04. The van der Waals surface area contributed by atoms with Gasteiger partial charge >= 0.3 is 0 Å². The van der Waals surface area contributed by atoms with Gasteiger partial charge in [-0.3, -0.25) is 4.79 Å². The summed E-state index contributed by atoms with van der Waals surface area (Å²) in [6, 6.07) is 7.95. The van der Waals surface area contributed by atoms with Crippen LogP contribution < -0.4 is 10.6 Å². The fraction of sp³-hybridized carbons (Fsp3) is 0.385. The number of anilines is 1. The Morgan fingerprint density at radius 2 is 2.00 bits per heavy atom. The summed E-state index contributed by atoms with van der Waals surface area (Å²) in [6.45, 7) is 6.03. The SMILES string of the molecule is CCC(=O)NC(=S)Nc1ccccc1C(C)C. The second kappa shape index (κ2) is 6.35. The summed E-state index contributed by atoms with van der Waals surface area (Å²) in [5.41, 5.74) is 2.13. The molecule has 1 aromatic rings. The molecule has 0 fully saturated rings. The Morgan fingerprint density at radius 3 is 2.59 bits per heavy atom. The van der Waals surface area contributed by atoms with E-state index in [0.717, 1.165) is 5.69 Å². The zero-order valence-corrected chi connectivity index (χ0v) is 11.2. The maximum absolute atomic E-state index is 11.2. The molecular weight excluding hydrogens is 232 g/mol. The molecule has 0 saturated heterocycles. The fourth-order valence-electron chi connectivity index (χ4n) is 1.48. The highest BCUT2D eigenvalue weighted by atomic mass is 32.1. The van der Waals surface area contributed by atoms with Crippen LogP contribution in [0.2, 0.25) is 0 Å². The molecular formula is C13H18N2OS. The highest BCUT2D eigenvalue weighted by Gasteiger charge is 2.08. The topological polar surface area (TPSA) is 41.1 Å². The van der Waals surface area contributed by atoms with Gasteiger partial charge in [0.1, 0.15) is 0 Å². The van der Waals surface area contributed by atoms with Gasteiger partial charge in [0.15, 0.2) is 5.11 Å². The van der Waals surface area contributed by atoms with Gasteiger partial charge in [-0.05, 0) is 29.8 Å². The zero-order valence-electron chi connectivity index (χ0n) is 10.4. The molecule has 3 nitrogen and oxygen atoms in total. The number of thiocarbonyl (C=S) groups is 1. The third-order valence-electron chi connectivity index (χ3n) is 2.41. The summed E-state index contributed by atoms with van der Waals surface area (Å²) in [6.07, 6.45) is 0.424. The van der Waals surface area contributed by atoms with E-state index < -0.39 is 0 Å². The Bertz CT molecular complexity index is 416. The summed E-state index contributed by atoms with van der Waals surface area (Å²) in [5.74, 6) is 0.327. The first-order valence-electron chi connectivity index (χ1n) is 5.74. The number of hydrogen-bond donors (Lipinski definition) is 2. The Kier molecular flexibility index (Phi) is 5.10. The summed E-state index contributed by atoms with van der Waals surface area (Å²) < 4.78 is 0. The molecule has 17 heavy (non-hydrogen) atoms. The lowest BCUT2D eigenvalue weighted by molar-refractivity contribution is -0.119. The average molecular weight is 250 g/mol. The van der Waals surface area contributed by atoms with Gasteiger partial charge in [-0.15, -0.1) is 0 Å². The maximum atomic E-state index is 11.2. The summed E-state index contributed by atoms with van der Waals surface area (Å²) in [5, 5.41) is 6.03. The van der Waals surface area contributed by atoms with Gasteiger partial charge in [-0.2, -0.15) is 0 Å². The lowest BCUT2D eigenvalue weighted by Crippen LogP contribution is -2.33. The number of benzene rings is 1. The van der Waals surface area contributed by atoms with Gasteiger partial charge in [0, 0.05) is 12.1 Å². The number of rotatable bonds is 3. The van der Waals surface area contributed by atoms with Crippen molar-refractivity contribution in [2.45, 2.75) is 33.1 Å². The van der Waals surface area contributed by atoms with E-state index in [1.807, 2.05) is 18.2 Å². The van der Waals surface area contributed by atoms with Crippen molar-refractivity contribution < 1.29 is 4.79 Å². The van der Waals surface area contributed by atoms with E-state index >= 15 is 0 Å². The predicted molar refractivity (Wildman–Crippen MR) is 75.2 cm³/mol. The van der Waals surface area contributed by atoms with Gasteiger partial charge in [-0.1, -0.05) is 39.0 Å². The Labute approximate surface area is 108 Å². The van der Waals surface area contributed by atoms with Crippen LogP contribution in [0, 0.1) is 0 Å². The molecule has 0 atom stereocenters. The van der Waals surface area contributed by atoms with Crippen molar-refractivity contribution in [2.75, 3.05) is 5.32 Å². The van der Waals surface area contributed by atoms with Crippen molar-refractivity contribution in [3.8, 4) is 0 Å². The maximum Gasteiger partial charge on any atom is 0.225 e. The molecule has 1 amide bonds. The third-order valence-corrected chi connectivity index (χ3v) is 2.61. The molecule has 0 aliphatic heterocycles. The van der Waals surface area contributed by atoms with E-state index in [1.54, 1.807) is 6.92 Å². The minimum absolute atomic E-state index is 0.0791. The summed E-state index contributed by atoms with van der Waals surface area (Å²) in [7, 11) is 0. The van der Waals surface area contributed by atoms with Crippen LogP contribution in [0.15, 0.2) is 24.3 Å². The van der Waals surface area contributed by atoms with E-state index in [2.05, 4.69) is 30.5 Å². The smallest absolute Gasteiger partial charge is 0.225 e. The number of para-hydroxylation sites is 1. The molecule has 1 rings (SSSR count). The quantitative estimate of drug-likeness (QED) is 0.810. The number of nitrogens with one attached hydrogen (secondary N) is 2.